The van der Waals surface area contributed by atoms with E-state index in [9.17, 15) is 14.4 Å². The summed E-state index contributed by atoms with van der Waals surface area (Å²) in [6, 6.07) is 0. The largest absolute Gasteiger partial charge is 0.481 e. The highest BCUT2D eigenvalue weighted by Gasteiger charge is 2.08. The zero-order valence-corrected chi connectivity index (χ0v) is 11.6. The van der Waals surface area contributed by atoms with Crippen LogP contribution in [0, 0.1) is 0 Å². The van der Waals surface area contributed by atoms with Gasteiger partial charge in [0.2, 0.25) is 11.8 Å². The molecule has 2 amide bonds. The first-order valence-corrected chi connectivity index (χ1v) is 6.63. The van der Waals surface area contributed by atoms with Gasteiger partial charge in [-0.3, -0.25) is 14.4 Å². The van der Waals surface area contributed by atoms with E-state index in [-0.39, 0.29) is 31.1 Å². The van der Waals surface area contributed by atoms with E-state index in [0.717, 1.165) is 6.42 Å². The lowest BCUT2D eigenvalue weighted by molar-refractivity contribution is -0.136. The summed E-state index contributed by atoms with van der Waals surface area (Å²) in [5.74, 6) is -1.59. The molecule has 0 saturated carbocycles. The Kier molecular flexibility index (Phi) is 10.2. The number of hydrogen-bond donors (Lipinski definition) is 4. The van der Waals surface area contributed by atoms with Crippen molar-refractivity contribution in [2.75, 3.05) is 32.7 Å². The van der Waals surface area contributed by atoms with Crippen molar-refractivity contribution in [1.82, 2.24) is 10.2 Å². The first-order chi connectivity index (χ1) is 9.41. The first-order valence-electron chi connectivity index (χ1n) is 6.63. The SMILES string of the molecule is NC(=O)CCN(CCCNCCC(=O)O)CCC(N)=O. The summed E-state index contributed by atoms with van der Waals surface area (Å²) in [5, 5.41) is 11.5. The molecule has 0 aromatic carbocycles. The molecule has 6 N–H and O–H groups in total. The number of rotatable bonds is 13. The molecule has 0 bridgehead atoms. The number of nitrogens with one attached hydrogen (secondary N) is 1. The Morgan fingerprint density at radius 2 is 1.45 bits per heavy atom. The van der Waals surface area contributed by atoms with Crippen molar-refractivity contribution in [3.63, 3.8) is 0 Å². The van der Waals surface area contributed by atoms with E-state index in [4.69, 9.17) is 16.6 Å². The summed E-state index contributed by atoms with van der Waals surface area (Å²) in [4.78, 5) is 33.8. The molecular weight excluding hydrogens is 264 g/mol. The Bertz CT molecular complexity index is 305. The van der Waals surface area contributed by atoms with Crippen LogP contribution in [0.3, 0.4) is 0 Å². The number of carbonyl (C=O) groups is 3. The van der Waals surface area contributed by atoms with E-state index in [0.29, 0.717) is 32.7 Å². The van der Waals surface area contributed by atoms with Gasteiger partial charge in [0.25, 0.3) is 0 Å². The maximum atomic E-state index is 10.8. The van der Waals surface area contributed by atoms with Crippen LogP contribution in [0.2, 0.25) is 0 Å². The van der Waals surface area contributed by atoms with Crippen molar-refractivity contribution in [1.29, 1.82) is 0 Å². The number of nitrogens with zero attached hydrogens (tertiary/aromatic N) is 1. The van der Waals surface area contributed by atoms with Gasteiger partial charge in [-0.05, 0) is 19.5 Å². The van der Waals surface area contributed by atoms with Crippen molar-refractivity contribution in [3.8, 4) is 0 Å². The fourth-order valence-electron chi connectivity index (χ4n) is 1.62. The van der Waals surface area contributed by atoms with Crippen LogP contribution in [0.15, 0.2) is 0 Å². The quantitative estimate of drug-likeness (QED) is 0.304. The van der Waals surface area contributed by atoms with Gasteiger partial charge in [0.15, 0.2) is 0 Å². The smallest absolute Gasteiger partial charge is 0.304 e. The number of hydrogen-bond acceptors (Lipinski definition) is 5. The molecule has 20 heavy (non-hydrogen) atoms. The summed E-state index contributed by atoms with van der Waals surface area (Å²) in [6.45, 7) is 2.80. The molecule has 8 nitrogen and oxygen atoms in total. The molecule has 0 atom stereocenters. The highest BCUT2D eigenvalue weighted by molar-refractivity contribution is 5.74. The predicted molar refractivity (Wildman–Crippen MR) is 73.8 cm³/mol. The van der Waals surface area contributed by atoms with Crippen LogP contribution in [-0.2, 0) is 14.4 Å². The molecular formula is C12H24N4O4. The van der Waals surface area contributed by atoms with Gasteiger partial charge < -0.3 is 26.8 Å². The van der Waals surface area contributed by atoms with Gasteiger partial charge in [-0.2, -0.15) is 0 Å². The summed E-state index contributed by atoms with van der Waals surface area (Å²) in [5.41, 5.74) is 10.2. The molecule has 0 saturated heterocycles. The van der Waals surface area contributed by atoms with Crippen LogP contribution in [0.5, 0.6) is 0 Å². The van der Waals surface area contributed by atoms with Crippen molar-refractivity contribution in [2.45, 2.75) is 25.7 Å². The second-order valence-corrected chi connectivity index (χ2v) is 4.52. The van der Waals surface area contributed by atoms with Crippen LogP contribution in [0.25, 0.3) is 0 Å². The highest BCUT2D eigenvalue weighted by Crippen LogP contribution is 1.96. The molecule has 0 aromatic rings. The number of carboxylic acids is 1. The number of carbonyl (C=O) groups excluding carboxylic acids is 2. The van der Waals surface area contributed by atoms with Gasteiger partial charge in [0.05, 0.1) is 6.42 Å². The molecule has 0 spiro atoms. The molecule has 116 valence electrons. The van der Waals surface area contributed by atoms with Gasteiger partial charge in [-0.1, -0.05) is 0 Å². The second kappa shape index (κ2) is 11.2. The van der Waals surface area contributed by atoms with Crippen molar-refractivity contribution < 1.29 is 19.5 Å². The molecule has 0 unspecified atom stereocenters. The lowest BCUT2D eigenvalue weighted by Gasteiger charge is -2.21. The average Bonchev–Trinajstić information content (AvgIpc) is 2.34. The van der Waals surface area contributed by atoms with Gasteiger partial charge in [-0.25, -0.2) is 0 Å². The van der Waals surface area contributed by atoms with Crippen LogP contribution >= 0.6 is 0 Å². The van der Waals surface area contributed by atoms with E-state index in [1.165, 1.54) is 0 Å². The van der Waals surface area contributed by atoms with E-state index >= 15 is 0 Å². The molecule has 0 rings (SSSR count). The summed E-state index contributed by atoms with van der Waals surface area (Å²) >= 11 is 0. The molecule has 0 aliphatic rings. The average molecular weight is 288 g/mol. The van der Waals surface area contributed by atoms with Crippen molar-refractivity contribution in [2.24, 2.45) is 11.5 Å². The Labute approximate surface area is 118 Å². The van der Waals surface area contributed by atoms with Gasteiger partial charge in [0, 0.05) is 32.5 Å². The van der Waals surface area contributed by atoms with Gasteiger partial charge in [-0.15, -0.1) is 0 Å². The van der Waals surface area contributed by atoms with Crippen molar-refractivity contribution >= 4 is 17.8 Å². The minimum absolute atomic E-state index is 0.0903. The Balaban J connectivity index is 3.80. The number of aliphatic carboxylic acids is 1. The van der Waals surface area contributed by atoms with E-state index in [2.05, 4.69) is 5.32 Å². The molecule has 0 heterocycles. The monoisotopic (exact) mass is 288 g/mol. The van der Waals surface area contributed by atoms with Gasteiger partial charge >= 0.3 is 5.97 Å². The second-order valence-electron chi connectivity index (χ2n) is 4.52. The fraction of sp³-hybridized carbons (Fsp3) is 0.750. The van der Waals surface area contributed by atoms with Crippen molar-refractivity contribution in [3.05, 3.63) is 0 Å². The lowest BCUT2D eigenvalue weighted by Crippen LogP contribution is -2.33. The van der Waals surface area contributed by atoms with E-state index in [1.807, 2.05) is 4.90 Å². The number of amides is 2. The van der Waals surface area contributed by atoms with E-state index < -0.39 is 5.97 Å². The molecule has 0 fully saturated rings. The topological polar surface area (TPSA) is 139 Å². The maximum absolute atomic E-state index is 10.8. The summed E-state index contributed by atoms with van der Waals surface area (Å²) in [6.07, 6.45) is 1.36. The highest BCUT2D eigenvalue weighted by atomic mass is 16.4. The lowest BCUT2D eigenvalue weighted by atomic mass is 10.3. The maximum Gasteiger partial charge on any atom is 0.304 e. The standard InChI is InChI=1S/C12H24N4O4/c13-10(17)3-8-16(9-4-11(14)18)7-1-5-15-6-2-12(19)20/h15H,1-9H2,(H2,13,17)(H2,14,18)(H,19,20). The third-order valence-electron chi connectivity index (χ3n) is 2.69. The van der Waals surface area contributed by atoms with Crippen LogP contribution < -0.4 is 16.8 Å². The number of primary amides is 2. The van der Waals surface area contributed by atoms with Crippen LogP contribution in [0.1, 0.15) is 25.7 Å². The predicted octanol–water partition coefficient (Wildman–Crippen LogP) is -1.51. The fourth-order valence-corrected chi connectivity index (χ4v) is 1.62. The summed E-state index contributed by atoms with van der Waals surface area (Å²) in [7, 11) is 0. The Hall–Kier alpha value is -1.67. The van der Waals surface area contributed by atoms with Crippen LogP contribution in [-0.4, -0.2) is 60.5 Å². The number of carboxylic acid groups (broad SMARTS) is 1. The molecule has 0 radical (unpaired) electrons. The molecule has 8 heteroatoms. The molecule has 0 aliphatic carbocycles. The first kappa shape index (κ1) is 18.3. The number of nitrogens with two attached hydrogens (primary N) is 2. The third-order valence-corrected chi connectivity index (χ3v) is 2.69. The zero-order chi connectivity index (χ0) is 15.4. The van der Waals surface area contributed by atoms with Gasteiger partial charge in [0.1, 0.15) is 0 Å². The normalized spacial score (nSPS) is 10.7. The minimum atomic E-state index is -0.831. The van der Waals surface area contributed by atoms with E-state index in [1.54, 1.807) is 0 Å². The molecule has 0 aromatic heterocycles. The third kappa shape index (κ3) is 12.8. The van der Waals surface area contributed by atoms with Crippen LogP contribution in [0.4, 0.5) is 0 Å². The Morgan fingerprint density at radius 1 is 0.900 bits per heavy atom. The Morgan fingerprint density at radius 3 is 1.90 bits per heavy atom. The summed E-state index contributed by atoms with van der Waals surface area (Å²) < 4.78 is 0. The zero-order valence-electron chi connectivity index (χ0n) is 11.6. The minimum Gasteiger partial charge on any atom is -0.481 e. The molecule has 0 aliphatic heterocycles.